The topological polar surface area (TPSA) is 42.0 Å². The molecule has 2 aliphatic rings. The van der Waals surface area contributed by atoms with Crippen LogP contribution in [-0.4, -0.2) is 10.8 Å². The van der Waals surface area contributed by atoms with E-state index < -0.39 is 0 Å². The third-order valence-corrected chi connectivity index (χ3v) is 6.36. The van der Waals surface area contributed by atoms with E-state index in [4.69, 9.17) is 0 Å². The summed E-state index contributed by atoms with van der Waals surface area (Å²) in [5.41, 5.74) is 5.39. The third-order valence-electron chi connectivity index (χ3n) is 5.42. The number of allylic oxidation sites excluding steroid dienone is 1. The SMILES string of the molecule is CC1(C)CC(=O)C2=C(C1)c1c(ccc3ncccc13)NC2c1cccs1. The summed E-state index contributed by atoms with van der Waals surface area (Å²) in [5, 5.41) is 6.86. The van der Waals surface area contributed by atoms with E-state index in [-0.39, 0.29) is 17.2 Å². The number of pyridine rings is 1. The lowest BCUT2D eigenvalue weighted by molar-refractivity contribution is -0.118. The van der Waals surface area contributed by atoms with Crippen LogP contribution in [0.15, 0.2) is 53.5 Å². The lowest BCUT2D eigenvalue weighted by atomic mass is 9.68. The van der Waals surface area contributed by atoms with Crippen LogP contribution in [0.3, 0.4) is 0 Å². The van der Waals surface area contributed by atoms with Crippen LogP contribution in [-0.2, 0) is 4.79 Å². The Hall–Kier alpha value is -2.46. The number of carbonyl (C=O) groups is 1. The summed E-state index contributed by atoms with van der Waals surface area (Å²) in [6.07, 6.45) is 3.34. The van der Waals surface area contributed by atoms with Gasteiger partial charge in [0.15, 0.2) is 5.78 Å². The molecule has 1 aliphatic carbocycles. The average Bonchev–Trinajstić information content (AvgIpc) is 3.14. The van der Waals surface area contributed by atoms with E-state index in [2.05, 4.69) is 59.9 Å². The van der Waals surface area contributed by atoms with Gasteiger partial charge >= 0.3 is 0 Å². The molecule has 1 unspecified atom stereocenters. The van der Waals surface area contributed by atoms with E-state index >= 15 is 0 Å². The quantitative estimate of drug-likeness (QED) is 0.614. The summed E-state index contributed by atoms with van der Waals surface area (Å²) in [5.74, 6) is 0.272. The molecule has 0 spiro atoms. The standard InChI is InChI=1S/C22H20N2OS/c1-22(2)11-14-19-13-5-3-9-23-15(13)7-8-16(19)24-21(18-6-4-10-26-18)20(14)17(25)12-22/h3-10,21,24H,11-12H2,1-2H3. The Kier molecular flexibility index (Phi) is 3.35. The van der Waals surface area contributed by atoms with Crippen molar-refractivity contribution in [3.05, 3.63) is 64.0 Å². The van der Waals surface area contributed by atoms with Crippen molar-refractivity contribution in [2.45, 2.75) is 32.7 Å². The molecule has 0 amide bonds. The lowest BCUT2D eigenvalue weighted by Crippen LogP contribution is -2.32. The van der Waals surface area contributed by atoms with Crippen molar-refractivity contribution in [2.75, 3.05) is 5.32 Å². The van der Waals surface area contributed by atoms with Crippen molar-refractivity contribution in [1.82, 2.24) is 4.98 Å². The molecule has 4 heteroatoms. The molecular weight excluding hydrogens is 340 g/mol. The van der Waals surface area contributed by atoms with Crippen LogP contribution in [0.25, 0.3) is 16.5 Å². The van der Waals surface area contributed by atoms with Gasteiger partial charge in [-0.25, -0.2) is 0 Å². The Morgan fingerprint density at radius 3 is 2.85 bits per heavy atom. The molecule has 1 N–H and O–H groups in total. The largest absolute Gasteiger partial charge is 0.373 e. The van der Waals surface area contributed by atoms with Gasteiger partial charge in [-0.2, -0.15) is 0 Å². The van der Waals surface area contributed by atoms with Crippen LogP contribution in [0, 0.1) is 5.41 Å². The van der Waals surface area contributed by atoms with E-state index in [1.54, 1.807) is 11.3 Å². The van der Waals surface area contributed by atoms with Crippen LogP contribution in [0.5, 0.6) is 0 Å². The molecule has 130 valence electrons. The zero-order valence-electron chi connectivity index (χ0n) is 14.9. The Morgan fingerprint density at radius 2 is 2.04 bits per heavy atom. The normalized spacial score (nSPS) is 21.3. The molecule has 0 saturated heterocycles. The fraction of sp³-hybridized carbons (Fsp3) is 0.273. The van der Waals surface area contributed by atoms with Crippen LogP contribution in [0.4, 0.5) is 5.69 Å². The maximum absolute atomic E-state index is 13.2. The van der Waals surface area contributed by atoms with E-state index in [9.17, 15) is 4.79 Å². The number of anilines is 1. The first-order chi connectivity index (χ1) is 12.5. The molecule has 3 aromatic rings. The van der Waals surface area contributed by atoms with E-state index in [1.165, 1.54) is 16.0 Å². The summed E-state index contributed by atoms with van der Waals surface area (Å²) in [4.78, 5) is 18.9. The fourth-order valence-electron chi connectivity index (χ4n) is 4.39. The predicted molar refractivity (Wildman–Crippen MR) is 107 cm³/mol. The van der Waals surface area contributed by atoms with Gasteiger partial charge in [-0.15, -0.1) is 11.3 Å². The Morgan fingerprint density at radius 1 is 1.15 bits per heavy atom. The van der Waals surface area contributed by atoms with Crippen molar-refractivity contribution in [3.8, 4) is 0 Å². The zero-order chi connectivity index (χ0) is 17.9. The highest BCUT2D eigenvalue weighted by molar-refractivity contribution is 7.10. The lowest BCUT2D eigenvalue weighted by Gasteiger charge is -2.39. The first-order valence-corrected chi connectivity index (χ1v) is 9.86. The van der Waals surface area contributed by atoms with Gasteiger partial charge in [-0.05, 0) is 47.1 Å². The third kappa shape index (κ3) is 2.32. The molecule has 3 nitrogen and oxygen atoms in total. The minimum absolute atomic E-state index is 0.0189. The van der Waals surface area contributed by atoms with Crippen LogP contribution in [0.2, 0.25) is 0 Å². The van der Waals surface area contributed by atoms with E-state index in [0.29, 0.717) is 6.42 Å². The van der Waals surface area contributed by atoms with E-state index in [1.807, 2.05) is 12.3 Å². The number of Topliss-reactive ketones (excluding diaryl/α,β-unsaturated/α-hetero) is 1. The molecule has 0 saturated carbocycles. The van der Waals surface area contributed by atoms with Gasteiger partial charge in [-0.3, -0.25) is 9.78 Å². The van der Waals surface area contributed by atoms with Gasteiger partial charge in [-0.1, -0.05) is 26.0 Å². The molecule has 26 heavy (non-hydrogen) atoms. The number of hydrogen-bond donors (Lipinski definition) is 1. The second kappa shape index (κ2) is 5.52. The Bertz CT molecular complexity index is 1060. The summed E-state index contributed by atoms with van der Waals surface area (Å²) in [6.45, 7) is 4.39. The van der Waals surface area contributed by atoms with Crippen molar-refractivity contribution in [2.24, 2.45) is 5.41 Å². The summed E-state index contributed by atoms with van der Waals surface area (Å²) < 4.78 is 0. The maximum atomic E-state index is 13.2. The molecule has 5 rings (SSSR count). The number of carbonyl (C=O) groups excluding carboxylic acids is 1. The minimum Gasteiger partial charge on any atom is -0.373 e. The number of nitrogens with zero attached hydrogens (tertiary/aromatic N) is 1. The van der Waals surface area contributed by atoms with Gasteiger partial charge < -0.3 is 5.32 Å². The molecule has 0 radical (unpaired) electrons. The highest BCUT2D eigenvalue weighted by atomic mass is 32.1. The molecule has 0 fully saturated rings. The Labute approximate surface area is 156 Å². The number of ketones is 1. The van der Waals surface area contributed by atoms with Crippen LogP contribution < -0.4 is 5.32 Å². The molecule has 1 aromatic carbocycles. The summed E-state index contributed by atoms with van der Waals surface area (Å²) >= 11 is 1.70. The monoisotopic (exact) mass is 360 g/mol. The highest BCUT2D eigenvalue weighted by Crippen LogP contribution is 2.52. The van der Waals surface area contributed by atoms with Crippen molar-refractivity contribution in [1.29, 1.82) is 0 Å². The second-order valence-corrected chi connectivity index (χ2v) is 8.96. The van der Waals surface area contributed by atoms with Crippen molar-refractivity contribution in [3.63, 3.8) is 0 Å². The number of rotatable bonds is 1. The molecule has 0 bridgehead atoms. The first kappa shape index (κ1) is 15.8. The van der Waals surface area contributed by atoms with Gasteiger partial charge in [0.25, 0.3) is 0 Å². The van der Waals surface area contributed by atoms with Gasteiger partial charge in [0.05, 0.1) is 11.6 Å². The molecular formula is C22H20N2OS. The smallest absolute Gasteiger partial charge is 0.162 e. The Balaban J connectivity index is 1.83. The van der Waals surface area contributed by atoms with Gasteiger partial charge in [0.1, 0.15) is 0 Å². The molecule has 3 heterocycles. The number of benzene rings is 1. The van der Waals surface area contributed by atoms with Crippen molar-refractivity contribution >= 4 is 39.3 Å². The maximum Gasteiger partial charge on any atom is 0.162 e. The fourth-order valence-corrected chi connectivity index (χ4v) is 5.17. The second-order valence-electron chi connectivity index (χ2n) is 7.98. The number of aromatic nitrogens is 1. The van der Waals surface area contributed by atoms with Crippen LogP contribution >= 0.6 is 11.3 Å². The number of fused-ring (bicyclic) bond motifs is 4. The number of thiophene rings is 1. The van der Waals surface area contributed by atoms with Crippen molar-refractivity contribution < 1.29 is 4.79 Å². The van der Waals surface area contributed by atoms with Crippen LogP contribution in [0.1, 0.15) is 43.2 Å². The minimum atomic E-state index is -0.0461. The molecule has 1 aliphatic heterocycles. The average molecular weight is 360 g/mol. The number of nitrogens with one attached hydrogen (secondary N) is 1. The summed E-state index contributed by atoms with van der Waals surface area (Å²) in [7, 11) is 0. The number of hydrogen-bond acceptors (Lipinski definition) is 4. The first-order valence-electron chi connectivity index (χ1n) is 8.98. The summed E-state index contributed by atoms with van der Waals surface area (Å²) in [6, 6.07) is 12.4. The van der Waals surface area contributed by atoms with Gasteiger partial charge in [0, 0.05) is 39.7 Å². The zero-order valence-corrected chi connectivity index (χ0v) is 15.7. The highest BCUT2D eigenvalue weighted by Gasteiger charge is 2.41. The van der Waals surface area contributed by atoms with Gasteiger partial charge in [0.2, 0.25) is 0 Å². The molecule has 2 aromatic heterocycles. The predicted octanol–water partition coefficient (Wildman–Crippen LogP) is 5.61. The molecule has 1 atom stereocenters. The van der Waals surface area contributed by atoms with E-state index in [0.717, 1.165) is 28.6 Å².